The lowest BCUT2D eigenvalue weighted by molar-refractivity contribution is 0.580. The topological polar surface area (TPSA) is 64.0 Å². The minimum Gasteiger partial charge on any atom is -0.275 e. The summed E-state index contributed by atoms with van der Waals surface area (Å²) in [6.07, 6.45) is 1.83. The van der Waals surface area contributed by atoms with Gasteiger partial charge in [0, 0.05) is 25.4 Å². The number of sulfonamides is 1. The summed E-state index contributed by atoms with van der Waals surface area (Å²) in [4.78, 5) is 0.370. The lowest BCUT2D eigenvalue weighted by atomic mass is 10.1. The molecule has 1 aromatic carbocycles. The second kappa shape index (κ2) is 5.61. The lowest BCUT2D eigenvalue weighted by Gasteiger charge is -2.13. The van der Waals surface area contributed by atoms with Crippen LogP contribution in [0.5, 0.6) is 0 Å². The van der Waals surface area contributed by atoms with Crippen molar-refractivity contribution >= 4 is 10.0 Å². The van der Waals surface area contributed by atoms with Crippen LogP contribution < -0.4 is 4.72 Å². The lowest BCUT2D eigenvalue weighted by Crippen LogP contribution is -2.25. The number of hydrogen-bond donors (Lipinski definition) is 1. The molecule has 6 heteroatoms. The number of aryl methyl sites for hydroxylation is 5. The Morgan fingerprint density at radius 3 is 2.19 bits per heavy atom. The van der Waals surface area contributed by atoms with Gasteiger partial charge in [0.2, 0.25) is 10.0 Å². The van der Waals surface area contributed by atoms with E-state index in [0.717, 1.165) is 27.9 Å². The molecular weight excluding hydrogens is 286 g/mol. The van der Waals surface area contributed by atoms with Gasteiger partial charge in [-0.15, -0.1) is 0 Å². The van der Waals surface area contributed by atoms with Crippen molar-refractivity contribution in [2.45, 2.75) is 39.1 Å². The summed E-state index contributed by atoms with van der Waals surface area (Å²) in [6, 6.07) is 3.77. The summed E-state index contributed by atoms with van der Waals surface area (Å²) >= 11 is 0. The third-order valence-electron chi connectivity index (χ3n) is 3.44. The van der Waals surface area contributed by atoms with E-state index in [9.17, 15) is 8.42 Å². The van der Waals surface area contributed by atoms with Crippen molar-refractivity contribution in [2.75, 3.05) is 0 Å². The zero-order chi connectivity index (χ0) is 15.8. The van der Waals surface area contributed by atoms with E-state index in [1.807, 2.05) is 53.1 Å². The van der Waals surface area contributed by atoms with Crippen LogP contribution in [0.15, 0.2) is 23.2 Å². The molecule has 1 heterocycles. The largest absolute Gasteiger partial charge is 0.275 e. The van der Waals surface area contributed by atoms with Crippen molar-refractivity contribution in [3.8, 4) is 0 Å². The maximum absolute atomic E-state index is 12.5. The maximum atomic E-state index is 12.5. The van der Waals surface area contributed by atoms with E-state index in [2.05, 4.69) is 9.82 Å². The van der Waals surface area contributed by atoms with Crippen LogP contribution in [-0.2, 0) is 23.6 Å². The normalized spacial score (nSPS) is 11.9. The highest BCUT2D eigenvalue weighted by atomic mass is 32.2. The van der Waals surface area contributed by atoms with Gasteiger partial charge in [-0.1, -0.05) is 17.7 Å². The maximum Gasteiger partial charge on any atom is 0.241 e. The van der Waals surface area contributed by atoms with Crippen LogP contribution in [0, 0.1) is 27.7 Å². The van der Waals surface area contributed by atoms with Crippen LogP contribution in [0.1, 0.15) is 27.9 Å². The molecule has 0 amide bonds. The first kappa shape index (κ1) is 15.7. The molecule has 0 aliphatic rings. The van der Waals surface area contributed by atoms with Crippen LogP contribution >= 0.6 is 0 Å². The second-order valence-corrected chi connectivity index (χ2v) is 7.17. The van der Waals surface area contributed by atoms with Crippen molar-refractivity contribution in [1.29, 1.82) is 0 Å². The van der Waals surface area contributed by atoms with Crippen molar-refractivity contribution < 1.29 is 8.42 Å². The quantitative estimate of drug-likeness (QED) is 0.941. The molecule has 0 unspecified atom stereocenters. The first-order valence-electron chi connectivity index (χ1n) is 6.77. The average Bonchev–Trinajstić information content (AvgIpc) is 2.63. The van der Waals surface area contributed by atoms with Crippen LogP contribution in [0.4, 0.5) is 0 Å². The van der Waals surface area contributed by atoms with Crippen LogP contribution in [0.3, 0.4) is 0 Å². The average molecular weight is 307 g/mol. The fraction of sp³-hybridized carbons (Fsp3) is 0.400. The molecule has 0 radical (unpaired) electrons. The van der Waals surface area contributed by atoms with Crippen molar-refractivity contribution in [3.05, 3.63) is 46.3 Å². The summed E-state index contributed by atoms with van der Waals surface area (Å²) in [5, 5.41) is 4.21. The molecule has 0 aliphatic heterocycles. The molecule has 1 N–H and O–H groups in total. The van der Waals surface area contributed by atoms with Gasteiger partial charge in [0.1, 0.15) is 0 Å². The van der Waals surface area contributed by atoms with E-state index >= 15 is 0 Å². The number of hydrogen-bond acceptors (Lipinski definition) is 3. The van der Waals surface area contributed by atoms with E-state index in [1.54, 1.807) is 4.68 Å². The third-order valence-corrected chi connectivity index (χ3v) is 5.15. The minimum atomic E-state index is -3.53. The van der Waals surface area contributed by atoms with Gasteiger partial charge in [-0.05, 0) is 38.8 Å². The molecule has 0 saturated carbocycles. The van der Waals surface area contributed by atoms with Crippen LogP contribution in [-0.4, -0.2) is 18.2 Å². The molecule has 0 fully saturated rings. The summed E-state index contributed by atoms with van der Waals surface area (Å²) in [5.74, 6) is 0. The highest BCUT2D eigenvalue weighted by Gasteiger charge is 2.20. The Morgan fingerprint density at radius 1 is 1.14 bits per heavy atom. The highest BCUT2D eigenvalue weighted by Crippen LogP contribution is 2.21. The molecule has 2 rings (SSSR count). The number of benzene rings is 1. The predicted molar refractivity (Wildman–Crippen MR) is 82.6 cm³/mol. The van der Waals surface area contributed by atoms with Crippen LogP contribution in [0.25, 0.3) is 0 Å². The Kier molecular flexibility index (Phi) is 4.20. The van der Waals surface area contributed by atoms with Gasteiger partial charge in [-0.2, -0.15) is 5.10 Å². The fourth-order valence-corrected chi connectivity index (χ4v) is 4.11. The molecule has 0 spiro atoms. The van der Waals surface area contributed by atoms with E-state index in [1.165, 1.54) is 0 Å². The molecule has 2 aromatic rings. The smallest absolute Gasteiger partial charge is 0.241 e. The number of nitrogens with zero attached hydrogens (tertiary/aromatic N) is 2. The molecular formula is C15H21N3O2S. The first-order chi connectivity index (χ1) is 9.70. The Balaban J connectivity index is 2.29. The van der Waals surface area contributed by atoms with Gasteiger partial charge in [0.05, 0.1) is 10.6 Å². The van der Waals surface area contributed by atoms with Crippen molar-refractivity contribution in [1.82, 2.24) is 14.5 Å². The predicted octanol–water partition coefficient (Wildman–Crippen LogP) is 2.13. The van der Waals surface area contributed by atoms with Gasteiger partial charge in [-0.25, -0.2) is 13.1 Å². The van der Waals surface area contributed by atoms with Crippen LogP contribution in [0.2, 0.25) is 0 Å². The fourth-order valence-electron chi connectivity index (χ4n) is 2.66. The molecule has 21 heavy (non-hydrogen) atoms. The second-order valence-electron chi connectivity index (χ2n) is 5.47. The molecule has 5 nitrogen and oxygen atoms in total. The Hall–Kier alpha value is -1.66. The molecule has 0 bridgehead atoms. The number of rotatable bonds is 4. The SMILES string of the molecule is Cc1cc(C)c(S(=O)(=O)NCc2cn(C)nc2C)c(C)c1. The summed E-state index contributed by atoms with van der Waals surface area (Å²) in [5.41, 5.74) is 4.30. The Morgan fingerprint density at radius 2 is 1.71 bits per heavy atom. The van der Waals surface area contributed by atoms with Gasteiger partial charge in [0.15, 0.2) is 0 Å². The zero-order valence-electron chi connectivity index (χ0n) is 13.1. The van der Waals surface area contributed by atoms with Crippen molar-refractivity contribution in [2.24, 2.45) is 7.05 Å². The number of aromatic nitrogens is 2. The molecule has 0 saturated heterocycles. The summed E-state index contributed by atoms with van der Waals surface area (Å²) in [6.45, 7) is 7.72. The van der Waals surface area contributed by atoms with E-state index in [0.29, 0.717) is 4.90 Å². The molecule has 1 aromatic heterocycles. The number of nitrogens with one attached hydrogen (secondary N) is 1. The Bertz CT molecular complexity index is 753. The van der Waals surface area contributed by atoms with Gasteiger partial charge < -0.3 is 0 Å². The van der Waals surface area contributed by atoms with E-state index < -0.39 is 10.0 Å². The van der Waals surface area contributed by atoms with E-state index in [-0.39, 0.29) is 6.54 Å². The first-order valence-corrected chi connectivity index (χ1v) is 8.25. The standard InChI is InChI=1S/C15H21N3O2S/c1-10-6-11(2)15(12(3)7-10)21(19,20)16-8-14-9-18(5)17-13(14)4/h6-7,9,16H,8H2,1-5H3. The highest BCUT2D eigenvalue weighted by molar-refractivity contribution is 7.89. The van der Waals surface area contributed by atoms with Gasteiger partial charge in [-0.3, -0.25) is 4.68 Å². The molecule has 0 atom stereocenters. The summed E-state index contributed by atoms with van der Waals surface area (Å²) < 4.78 is 29.4. The minimum absolute atomic E-state index is 0.245. The van der Waals surface area contributed by atoms with Gasteiger partial charge >= 0.3 is 0 Å². The van der Waals surface area contributed by atoms with E-state index in [4.69, 9.17) is 0 Å². The molecule has 114 valence electrons. The molecule has 0 aliphatic carbocycles. The Labute approximate surface area is 126 Å². The monoisotopic (exact) mass is 307 g/mol. The van der Waals surface area contributed by atoms with Gasteiger partial charge in [0.25, 0.3) is 0 Å². The zero-order valence-corrected chi connectivity index (χ0v) is 13.9. The third kappa shape index (κ3) is 3.33. The van der Waals surface area contributed by atoms with Crippen molar-refractivity contribution in [3.63, 3.8) is 0 Å². The summed E-state index contributed by atoms with van der Waals surface area (Å²) in [7, 11) is -1.71.